The minimum absolute atomic E-state index is 0.108. The molecule has 1 saturated carbocycles. The lowest BCUT2D eigenvalue weighted by atomic mass is 9.95. The molecular weight excluding hydrogens is 370 g/mol. The summed E-state index contributed by atoms with van der Waals surface area (Å²) in [5, 5.41) is 14.2. The Kier molecular flexibility index (Phi) is 6.47. The molecule has 1 aliphatic rings. The van der Waals surface area contributed by atoms with Crippen LogP contribution in [0.15, 0.2) is 41.8 Å². The van der Waals surface area contributed by atoms with Gasteiger partial charge < -0.3 is 5.32 Å². The first-order chi connectivity index (χ1) is 13.6. The lowest BCUT2D eigenvalue weighted by Gasteiger charge is -2.31. The Bertz CT molecular complexity index is 918. The summed E-state index contributed by atoms with van der Waals surface area (Å²) in [4.78, 5) is 28.0. The van der Waals surface area contributed by atoms with Crippen molar-refractivity contribution in [1.82, 2.24) is 5.32 Å². The van der Waals surface area contributed by atoms with E-state index in [1.54, 1.807) is 24.3 Å². The Morgan fingerprint density at radius 3 is 2.64 bits per heavy atom. The van der Waals surface area contributed by atoms with Gasteiger partial charge in [-0.1, -0.05) is 31.4 Å². The van der Waals surface area contributed by atoms with E-state index in [-0.39, 0.29) is 11.9 Å². The largest absolute Gasteiger partial charge is 0.351 e. The molecule has 0 aliphatic heterocycles. The van der Waals surface area contributed by atoms with Gasteiger partial charge in [0.1, 0.15) is 0 Å². The van der Waals surface area contributed by atoms with Crippen LogP contribution >= 0.6 is 11.3 Å². The molecule has 1 aromatic carbocycles. The molecule has 0 saturated heterocycles. The second-order valence-corrected chi connectivity index (χ2v) is 7.72. The predicted molar refractivity (Wildman–Crippen MR) is 110 cm³/mol. The van der Waals surface area contributed by atoms with E-state index >= 15 is 0 Å². The number of amides is 2. The first kappa shape index (κ1) is 19.7. The van der Waals surface area contributed by atoms with E-state index in [0.29, 0.717) is 11.3 Å². The van der Waals surface area contributed by atoms with Gasteiger partial charge in [0, 0.05) is 16.6 Å². The van der Waals surface area contributed by atoms with Crippen LogP contribution in [-0.2, 0) is 9.59 Å². The van der Waals surface area contributed by atoms with Crippen LogP contribution in [0, 0.1) is 23.7 Å². The highest BCUT2D eigenvalue weighted by Gasteiger charge is 2.34. The number of rotatable bonds is 5. The van der Waals surface area contributed by atoms with Gasteiger partial charge in [-0.05, 0) is 48.4 Å². The van der Waals surface area contributed by atoms with Gasteiger partial charge in [0.05, 0.1) is 11.6 Å². The summed E-state index contributed by atoms with van der Waals surface area (Å²) in [5.41, 5.74) is 0.823. The number of nitrogens with zero attached hydrogens (tertiary/aromatic N) is 2. The Morgan fingerprint density at radius 2 is 2.00 bits per heavy atom. The number of anilines is 1. The lowest BCUT2D eigenvalue weighted by Crippen LogP contribution is -2.46. The number of carbonyl (C=O) groups excluding carboxylic acids is 2. The third-order valence-electron chi connectivity index (χ3n) is 4.87. The number of carbonyl (C=O) groups is 2. The first-order valence-corrected chi connectivity index (χ1v) is 10.2. The number of hydrogen-bond acceptors (Lipinski definition) is 4. The van der Waals surface area contributed by atoms with Gasteiger partial charge in [-0.25, -0.2) is 0 Å². The van der Waals surface area contributed by atoms with E-state index < -0.39 is 11.9 Å². The molecule has 0 spiro atoms. The highest BCUT2D eigenvalue weighted by atomic mass is 32.1. The van der Waals surface area contributed by atoms with Crippen molar-refractivity contribution in [3.05, 3.63) is 52.2 Å². The van der Waals surface area contributed by atoms with E-state index in [2.05, 4.69) is 17.3 Å². The van der Waals surface area contributed by atoms with E-state index in [9.17, 15) is 14.9 Å². The number of thiophene rings is 1. The number of terminal acetylenes is 1. The normalized spacial score (nSPS) is 15.1. The van der Waals surface area contributed by atoms with Crippen LogP contribution in [0.1, 0.15) is 48.6 Å². The molecule has 1 aliphatic carbocycles. The third kappa shape index (κ3) is 4.42. The highest BCUT2D eigenvalue weighted by Crippen LogP contribution is 2.32. The number of nitriles is 1. The molecule has 1 unspecified atom stereocenters. The van der Waals surface area contributed by atoms with Crippen molar-refractivity contribution in [3.8, 4) is 18.4 Å². The fourth-order valence-electron chi connectivity index (χ4n) is 3.53. The van der Waals surface area contributed by atoms with Crippen molar-refractivity contribution < 1.29 is 9.59 Å². The fraction of sp³-hybridized carbons (Fsp3) is 0.318. The zero-order valence-corrected chi connectivity index (χ0v) is 16.2. The summed E-state index contributed by atoms with van der Waals surface area (Å²) in [6.07, 6.45) is 10.7. The first-order valence-electron chi connectivity index (χ1n) is 9.28. The molecular formula is C22H21N3O2S. The van der Waals surface area contributed by atoms with Crippen molar-refractivity contribution in [2.24, 2.45) is 0 Å². The SMILES string of the molecule is C#CC(=O)N(c1cccc(C#N)c1)C(C(=O)NC1CCCCC1)c1cccs1. The summed E-state index contributed by atoms with van der Waals surface area (Å²) >= 11 is 1.39. The standard InChI is InChI=1S/C22H21N3O2S/c1-2-20(26)25(18-11-6-8-16(14-18)15-23)21(19-12-7-13-28-19)22(27)24-17-9-4-3-5-10-17/h1,6-8,11-14,17,21H,3-5,9-10H2,(H,24,27). The van der Waals surface area contributed by atoms with Gasteiger partial charge in [0.25, 0.3) is 0 Å². The summed E-state index contributed by atoms with van der Waals surface area (Å²) in [6, 6.07) is 11.5. The zero-order valence-electron chi connectivity index (χ0n) is 15.4. The fourth-order valence-corrected chi connectivity index (χ4v) is 4.34. The molecule has 6 heteroatoms. The minimum Gasteiger partial charge on any atom is -0.351 e. The van der Waals surface area contributed by atoms with Crippen LogP contribution in [0.3, 0.4) is 0 Å². The van der Waals surface area contributed by atoms with Crippen LogP contribution < -0.4 is 10.2 Å². The Balaban J connectivity index is 2.00. The van der Waals surface area contributed by atoms with Gasteiger partial charge in [0.15, 0.2) is 6.04 Å². The predicted octanol–water partition coefficient (Wildman–Crippen LogP) is 3.78. The topological polar surface area (TPSA) is 73.2 Å². The van der Waals surface area contributed by atoms with E-state index in [4.69, 9.17) is 6.42 Å². The maximum absolute atomic E-state index is 13.3. The van der Waals surface area contributed by atoms with Crippen molar-refractivity contribution in [3.63, 3.8) is 0 Å². The van der Waals surface area contributed by atoms with Gasteiger partial charge >= 0.3 is 5.91 Å². The molecule has 1 fully saturated rings. The van der Waals surface area contributed by atoms with Gasteiger partial charge in [-0.15, -0.1) is 17.8 Å². The van der Waals surface area contributed by atoms with Crippen LogP contribution in [-0.4, -0.2) is 17.9 Å². The molecule has 1 N–H and O–H groups in total. The average molecular weight is 391 g/mol. The number of nitrogens with one attached hydrogen (secondary N) is 1. The summed E-state index contributed by atoms with van der Waals surface area (Å²) in [6.45, 7) is 0. The molecule has 1 heterocycles. The summed E-state index contributed by atoms with van der Waals surface area (Å²) < 4.78 is 0. The molecule has 1 atom stereocenters. The number of benzene rings is 1. The van der Waals surface area contributed by atoms with Crippen molar-refractivity contribution in [2.45, 2.75) is 44.2 Å². The highest BCUT2D eigenvalue weighted by molar-refractivity contribution is 7.10. The van der Waals surface area contributed by atoms with Gasteiger partial charge in [-0.3, -0.25) is 14.5 Å². The van der Waals surface area contributed by atoms with E-state index in [1.165, 1.54) is 22.7 Å². The molecule has 0 bridgehead atoms. The molecule has 2 aromatic rings. The molecule has 28 heavy (non-hydrogen) atoms. The molecule has 1 aromatic heterocycles. The molecule has 2 amide bonds. The maximum Gasteiger partial charge on any atom is 0.303 e. The van der Waals surface area contributed by atoms with Crippen molar-refractivity contribution >= 4 is 28.8 Å². The van der Waals surface area contributed by atoms with Gasteiger partial charge in [-0.2, -0.15) is 5.26 Å². The summed E-state index contributed by atoms with van der Waals surface area (Å²) in [7, 11) is 0. The lowest BCUT2D eigenvalue weighted by molar-refractivity contribution is -0.125. The molecule has 0 radical (unpaired) electrons. The maximum atomic E-state index is 13.3. The zero-order chi connectivity index (χ0) is 19.9. The smallest absolute Gasteiger partial charge is 0.303 e. The van der Waals surface area contributed by atoms with Crippen LogP contribution in [0.5, 0.6) is 0 Å². The second-order valence-electron chi connectivity index (χ2n) is 6.74. The minimum atomic E-state index is -0.876. The van der Waals surface area contributed by atoms with Crippen molar-refractivity contribution in [1.29, 1.82) is 5.26 Å². The average Bonchev–Trinajstić information content (AvgIpc) is 3.26. The second kappa shape index (κ2) is 9.21. The van der Waals surface area contributed by atoms with Crippen LogP contribution in [0.4, 0.5) is 5.69 Å². The Labute approximate surface area is 169 Å². The monoisotopic (exact) mass is 391 g/mol. The summed E-state index contributed by atoms with van der Waals surface area (Å²) in [5.74, 6) is 1.26. The van der Waals surface area contributed by atoms with E-state index in [1.807, 2.05) is 17.5 Å². The molecule has 142 valence electrons. The molecule has 3 rings (SSSR count). The third-order valence-corrected chi connectivity index (χ3v) is 5.79. The van der Waals surface area contributed by atoms with Crippen LogP contribution in [0.25, 0.3) is 0 Å². The molecule has 5 nitrogen and oxygen atoms in total. The quantitative estimate of drug-likeness (QED) is 0.789. The Morgan fingerprint density at radius 1 is 1.21 bits per heavy atom. The van der Waals surface area contributed by atoms with Crippen LogP contribution in [0.2, 0.25) is 0 Å². The number of hydrogen-bond donors (Lipinski definition) is 1. The van der Waals surface area contributed by atoms with Crippen molar-refractivity contribution in [2.75, 3.05) is 4.90 Å². The van der Waals surface area contributed by atoms with Gasteiger partial charge in [0.2, 0.25) is 5.91 Å². The Hall–Kier alpha value is -3.09. The van der Waals surface area contributed by atoms with E-state index in [0.717, 1.165) is 30.6 Å².